The Morgan fingerprint density at radius 2 is 1.19 bits per heavy atom. The standard InChI is InChI=1S/C48H82O20/c1-20-30(54)33(57)35(59)40(62-20)67-38-34(58)31(55)24(17-49)64-42(38)66-37-32(56)25(18-50)63-41(36(37)60)65-28-11-12-44(4)26(45(28,5)19-51)10-14-46(6)27(44)15-22(52)29-21(9-13-47(29,46)7)48(8)16-23(53)39(68-48)43(2,3)61/h20-42,49-61H,9-19H2,1-8H3/t20-,21+,22-,23+,24-,25-,26+,27-,28-,29+,30-,31-,32-,33+,34+,35-,36-,37+,38-,39+,40+,41+,42+,44+,45-,46-,47+,48+/m0/s1. The SMILES string of the molecule is C[C@@H]1O[C@H](O[C@@H]2[C@@H](O[C@H]3[C@H](O)[C@@H](O[C@H]4CC[C@]5(C)[C@@H](CC[C@@]6(C)[C@H]5C[C@H](O)[C@H]5[C@H]([C@@]7(C)C[C@@H](O)[C@H](C(C)(C)O)O7)CC[C@]56C)[C@]4(C)CO)O[C@@H](CO)[C@@H]3O)O[C@@H](CO)[C@H](O)[C@H]2O)[C@@H](O)[C@H](O)[C@H]1O. The summed E-state index contributed by atoms with van der Waals surface area (Å²) in [6.45, 7) is 13.8. The number of rotatable bonds is 11. The Bertz CT molecular complexity index is 1760. The number of fused-ring (bicyclic) bond motifs is 5. The maximum Gasteiger partial charge on any atom is 0.187 e. The third-order valence-corrected chi connectivity index (χ3v) is 19.6. The largest absolute Gasteiger partial charge is 0.396 e. The Hall–Kier alpha value is -0.800. The molecule has 68 heavy (non-hydrogen) atoms. The zero-order valence-electron chi connectivity index (χ0n) is 40.7. The number of hydrogen-bond donors (Lipinski definition) is 13. The minimum Gasteiger partial charge on any atom is -0.396 e. The molecule has 28 atom stereocenters. The molecular formula is C48H82O20. The van der Waals surface area contributed by atoms with Crippen LogP contribution in [0.1, 0.15) is 107 Å². The van der Waals surface area contributed by atoms with E-state index in [4.69, 9.17) is 33.2 Å². The topological polar surface area (TPSA) is 328 Å². The molecule has 0 aromatic heterocycles. The zero-order valence-corrected chi connectivity index (χ0v) is 40.7. The molecule has 8 fully saturated rings. The summed E-state index contributed by atoms with van der Waals surface area (Å²) in [6.07, 6.45) is -22.4. The fourth-order valence-corrected chi connectivity index (χ4v) is 15.7. The molecule has 0 bridgehead atoms. The van der Waals surface area contributed by atoms with Crippen molar-refractivity contribution in [3.8, 4) is 0 Å². The van der Waals surface area contributed by atoms with Crippen LogP contribution in [-0.2, 0) is 33.2 Å². The van der Waals surface area contributed by atoms with Crippen LogP contribution in [0.3, 0.4) is 0 Å². The van der Waals surface area contributed by atoms with Crippen LogP contribution in [0.25, 0.3) is 0 Å². The molecular weight excluding hydrogens is 897 g/mol. The monoisotopic (exact) mass is 979 g/mol. The van der Waals surface area contributed by atoms with Crippen molar-refractivity contribution in [2.24, 2.45) is 45.3 Å². The number of aliphatic hydroxyl groups is 13. The quantitative estimate of drug-likeness (QED) is 0.101. The lowest BCUT2D eigenvalue weighted by Gasteiger charge is -2.71. The molecule has 0 aromatic carbocycles. The van der Waals surface area contributed by atoms with Crippen LogP contribution in [0.4, 0.5) is 0 Å². The van der Waals surface area contributed by atoms with Gasteiger partial charge in [-0.25, -0.2) is 0 Å². The molecule has 0 radical (unpaired) electrons. The lowest BCUT2D eigenvalue weighted by atomic mass is 9.35. The number of ether oxygens (including phenoxy) is 7. The number of aliphatic hydroxyl groups excluding tert-OH is 12. The lowest BCUT2D eigenvalue weighted by molar-refractivity contribution is -0.392. The molecule has 8 rings (SSSR count). The predicted octanol–water partition coefficient (Wildman–Crippen LogP) is -1.84. The maximum absolute atomic E-state index is 12.4. The molecule has 13 N–H and O–H groups in total. The van der Waals surface area contributed by atoms with Crippen LogP contribution < -0.4 is 0 Å². The smallest absolute Gasteiger partial charge is 0.187 e. The van der Waals surface area contributed by atoms with Gasteiger partial charge in [-0.15, -0.1) is 0 Å². The highest BCUT2D eigenvalue weighted by atomic mass is 16.8. The normalized spacial score (nSPS) is 57.6. The second-order valence-electron chi connectivity index (χ2n) is 23.9. The van der Waals surface area contributed by atoms with Gasteiger partial charge in [0, 0.05) is 11.8 Å². The van der Waals surface area contributed by atoms with Gasteiger partial charge in [-0.3, -0.25) is 0 Å². The Balaban J connectivity index is 1.01. The maximum atomic E-state index is 12.4. The van der Waals surface area contributed by atoms with Crippen molar-refractivity contribution in [2.75, 3.05) is 19.8 Å². The summed E-state index contributed by atoms with van der Waals surface area (Å²) in [6, 6.07) is 0. The molecule has 20 heteroatoms. The van der Waals surface area contributed by atoms with Crippen molar-refractivity contribution in [3.05, 3.63) is 0 Å². The van der Waals surface area contributed by atoms with E-state index in [9.17, 15) is 66.4 Å². The third kappa shape index (κ3) is 8.37. The van der Waals surface area contributed by atoms with Gasteiger partial charge in [0.25, 0.3) is 0 Å². The van der Waals surface area contributed by atoms with Gasteiger partial charge >= 0.3 is 0 Å². The van der Waals surface area contributed by atoms with Gasteiger partial charge in [-0.2, -0.15) is 0 Å². The van der Waals surface area contributed by atoms with Crippen LogP contribution in [-0.4, -0.2) is 214 Å². The summed E-state index contributed by atoms with van der Waals surface area (Å²) in [7, 11) is 0. The van der Waals surface area contributed by atoms with E-state index in [1.807, 2.05) is 13.8 Å². The van der Waals surface area contributed by atoms with Crippen molar-refractivity contribution >= 4 is 0 Å². The molecule has 20 nitrogen and oxygen atoms in total. The van der Waals surface area contributed by atoms with E-state index >= 15 is 0 Å². The first-order valence-electron chi connectivity index (χ1n) is 24.9. The fourth-order valence-electron chi connectivity index (χ4n) is 15.7. The van der Waals surface area contributed by atoms with Gasteiger partial charge < -0.3 is 99.5 Å². The summed E-state index contributed by atoms with van der Waals surface area (Å²) >= 11 is 0. The molecule has 0 amide bonds. The van der Waals surface area contributed by atoms with Crippen LogP contribution >= 0.6 is 0 Å². The first-order valence-corrected chi connectivity index (χ1v) is 24.9. The molecule has 4 aliphatic heterocycles. The van der Waals surface area contributed by atoms with Gasteiger partial charge in [-0.1, -0.05) is 27.7 Å². The molecule has 4 saturated carbocycles. The third-order valence-electron chi connectivity index (χ3n) is 19.6. The Labute approximate surface area is 398 Å². The minimum absolute atomic E-state index is 0.0434. The minimum atomic E-state index is -1.88. The van der Waals surface area contributed by atoms with E-state index in [1.54, 1.807) is 13.8 Å². The second-order valence-corrected chi connectivity index (χ2v) is 23.9. The molecule has 4 saturated heterocycles. The van der Waals surface area contributed by atoms with Crippen molar-refractivity contribution in [1.82, 2.24) is 0 Å². The van der Waals surface area contributed by atoms with E-state index in [1.165, 1.54) is 6.92 Å². The van der Waals surface area contributed by atoms with Gasteiger partial charge in [0.2, 0.25) is 0 Å². The highest BCUT2D eigenvalue weighted by Gasteiger charge is 2.73. The fraction of sp³-hybridized carbons (Fsp3) is 1.00. The highest BCUT2D eigenvalue weighted by Crippen LogP contribution is 2.76. The van der Waals surface area contributed by atoms with Crippen molar-refractivity contribution in [2.45, 2.75) is 234 Å². The summed E-state index contributed by atoms with van der Waals surface area (Å²) in [5.74, 6) is -0.229. The van der Waals surface area contributed by atoms with Crippen molar-refractivity contribution < 1.29 is 99.5 Å². The van der Waals surface area contributed by atoms with Gasteiger partial charge in [-0.05, 0) is 113 Å². The Morgan fingerprint density at radius 1 is 0.588 bits per heavy atom. The average molecular weight is 979 g/mol. The first kappa shape index (κ1) is 53.5. The van der Waals surface area contributed by atoms with E-state index < -0.39 is 146 Å². The molecule has 8 aliphatic rings. The van der Waals surface area contributed by atoms with E-state index in [0.717, 1.165) is 25.7 Å². The lowest BCUT2D eigenvalue weighted by Crippen LogP contribution is -2.68. The van der Waals surface area contributed by atoms with E-state index in [2.05, 4.69) is 20.8 Å². The van der Waals surface area contributed by atoms with Crippen LogP contribution in [0, 0.1) is 45.3 Å². The van der Waals surface area contributed by atoms with Crippen LogP contribution in [0.2, 0.25) is 0 Å². The van der Waals surface area contributed by atoms with Crippen LogP contribution in [0.15, 0.2) is 0 Å². The Morgan fingerprint density at radius 3 is 1.81 bits per heavy atom. The molecule has 4 aliphatic carbocycles. The molecule has 0 unspecified atom stereocenters. The Kier molecular flexibility index (Phi) is 14.8. The summed E-state index contributed by atoms with van der Waals surface area (Å²) < 4.78 is 42.6. The van der Waals surface area contributed by atoms with E-state index in [0.29, 0.717) is 25.7 Å². The molecule has 4 heterocycles. The van der Waals surface area contributed by atoms with Gasteiger partial charge in [0.1, 0.15) is 73.2 Å². The molecule has 394 valence electrons. The average Bonchev–Trinajstić information content (AvgIpc) is 3.83. The zero-order chi connectivity index (χ0) is 50.0. The summed E-state index contributed by atoms with van der Waals surface area (Å²) in [4.78, 5) is 0. The molecule has 0 spiro atoms. The second kappa shape index (κ2) is 18.8. The first-order chi connectivity index (χ1) is 31.6. The summed E-state index contributed by atoms with van der Waals surface area (Å²) in [5.41, 5.74) is -3.78. The molecule has 0 aromatic rings. The van der Waals surface area contributed by atoms with Crippen LogP contribution in [0.5, 0.6) is 0 Å². The van der Waals surface area contributed by atoms with E-state index in [-0.39, 0.29) is 46.5 Å². The number of hydrogen-bond acceptors (Lipinski definition) is 20. The van der Waals surface area contributed by atoms with Crippen molar-refractivity contribution in [1.29, 1.82) is 0 Å². The summed E-state index contributed by atoms with van der Waals surface area (Å²) in [5, 5.41) is 143. The highest BCUT2D eigenvalue weighted by molar-refractivity contribution is 5.21. The van der Waals surface area contributed by atoms with Gasteiger partial charge in [0.15, 0.2) is 18.9 Å². The van der Waals surface area contributed by atoms with Crippen molar-refractivity contribution in [3.63, 3.8) is 0 Å². The predicted molar refractivity (Wildman–Crippen MR) is 234 cm³/mol. The van der Waals surface area contributed by atoms with Gasteiger partial charge in [0.05, 0.1) is 55.4 Å².